The monoisotopic (exact) mass is 386 g/mol. The lowest BCUT2D eigenvalue weighted by Gasteiger charge is -2.28. The molecular weight excluding hydrogens is 356 g/mol. The van der Waals surface area contributed by atoms with E-state index in [2.05, 4.69) is 46.7 Å². The fourth-order valence-corrected chi connectivity index (χ4v) is 2.86. The maximum absolute atomic E-state index is 11.9. The highest BCUT2D eigenvalue weighted by Gasteiger charge is 2.21. The Morgan fingerprint density at radius 1 is 1.21 bits per heavy atom. The van der Waals surface area contributed by atoms with Crippen LogP contribution in [0.1, 0.15) is 36.7 Å². The smallest absolute Gasteiger partial charge is 0.251 e. The minimum atomic E-state index is -0.184. The maximum Gasteiger partial charge on any atom is 0.251 e. The molecule has 0 fully saturated rings. The number of nitrogens with one attached hydrogen (secondary N) is 3. The highest BCUT2D eigenvalue weighted by atomic mass is 16.3. The Morgan fingerprint density at radius 3 is 2.46 bits per heavy atom. The lowest BCUT2D eigenvalue weighted by Crippen LogP contribution is -2.30. The summed E-state index contributed by atoms with van der Waals surface area (Å²) in [5.74, 6) is 0.854. The van der Waals surface area contributed by atoms with Gasteiger partial charge >= 0.3 is 0 Å². The van der Waals surface area contributed by atoms with Crippen LogP contribution in [0, 0.1) is 12.3 Å². The molecule has 0 saturated carbocycles. The van der Waals surface area contributed by atoms with Gasteiger partial charge in [-0.25, -0.2) is 0 Å². The second kappa shape index (κ2) is 8.33. The number of hydrogen-bond donors (Lipinski definition) is 4. The van der Waals surface area contributed by atoms with Crippen molar-refractivity contribution in [1.82, 2.24) is 15.3 Å². The number of amides is 1. The first-order chi connectivity index (χ1) is 13.1. The van der Waals surface area contributed by atoms with Crippen LogP contribution >= 0.6 is 0 Å². The van der Waals surface area contributed by atoms with Gasteiger partial charge in [-0.05, 0) is 30.0 Å². The molecule has 0 radical (unpaired) electrons. The summed E-state index contributed by atoms with van der Waals surface area (Å²) in [6.07, 6.45) is 0. The van der Waals surface area contributed by atoms with E-state index in [-0.39, 0.29) is 22.9 Å². The number of aryl methyl sites for hydroxylation is 1. The Balaban J connectivity index is 2.46. The molecule has 2 rings (SSSR count). The summed E-state index contributed by atoms with van der Waals surface area (Å²) in [5.41, 5.74) is 2.14. The van der Waals surface area contributed by atoms with E-state index < -0.39 is 0 Å². The van der Waals surface area contributed by atoms with Crippen LogP contribution in [0.2, 0.25) is 0 Å². The average Bonchev–Trinajstić information content (AvgIpc) is 2.62. The summed E-state index contributed by atoms with van der Waals surface area (Å²) in [6.45, 7) is 8.97. The zero-order valence-electron chi connectivity index (χ0n) is 17.6. The Bertz CT molecular complexity index is 861. The van der Waals surface area contributed by atoms with Gasteiger partial charge in [-0.2, -0.15) is 9.97 Å². The number of anilines is 4. The van der Waals surface area contributed by atoms with Crippen molar-refractivity contribution in [2.24, 2.45) is 5.41 Å². The Labute approximate surface area is 166 Å². The lowest BCUT2D eigenvalue weighted by molar-refractivity contribution is 0.0963. The average molecular weight is 387 g/mol. The van der Waals surface area contributed by atoms with Crippen molar-refractivity contribution in [3.8, 4) is 5.75 Å². The predicted molar refractivity (Wildman–Crippen MR) is 114 cm³/mol. The van der Waals surface area contributed by atoms with Crippen molar-refractivity contribution in [2.75, 3.05) is 43.2 Å². The normalized spacial score (nSPS) is 11.1. The highest BCUT2D eigenvalue weighted by Crippen LogP contribution is 2.36. The van der Waals surface area contributed by atoms with Gasteiger partial charge in [0.25, 0.3) is 5.91 Å². The van der Waals surface area contributed by atoms with Gasteiger partial charge < -0.3 is 26.0 Å². The van der Waals surface area contributed by atoms with Gasteiger partial charge in [-0.3, -0.25) is 4.79 Å². The molecule has 0 saturated heterocycles. The number of aromatic nitrogens is 2. The number of benzene rings is 1. The second-order valence-corrected chi connectivity index (χ2v) is 7.97. The molecule has 1 aromatic carbocycles. The summed E-state index contributed by atoms with van der Waals surface area (Å²) in [6, 6.07) is 5.32. The van der Waals surface area contributed by atoms with E-state index in [9.17, 15) is 9.90 Å². The number of carbonyl (C=O) groups is 1. The molecule has 8 heteroatoms. The number of hydrogen-bond acceptors (Lipinski definition) is 7. The van der Waals surface area contributed by atoms with Gasteiger partial charge in [-0.15, -0.1) is 0 Å². The van der Waals surface area contributed by atoms with Crippen LogP contribution in [-0.2, 0) is 0 Å². The molecule has 0 unspecified atom stereocenters. The van der Waals surface area contributed by atoms with Gasteiger partial charge in [0.1, 0.15) is 0 Å². The lowest BCUT2D eigenvalue weighted by atomic mass is 9.96. The summed E-state index contributed by atoms with van der Waals surface area (Å²) < 4.78 is 0. The molecule has 0 aliphatic rings. The van der Waals surface area contributed by atoms with Crippen LogP contribution in [0.4, 0.5) is 23.3 Å². The SMILES string of the molecule is CNC(=O)c1ccc(C)c(Nc2nc(NC)nc(N(C)CC(C)(C)C)c2O)c1. The first kappa shape index (κ1) is 21.3. The van der Waals surface area contributed by atoms with Gasteiger partial charge in [0.15, 0.2) is 11.6 Å². The van der Waals surface area contributed by atoms with Crippen molar-refractivity contribution in [3.05, 3.63) is 29.3 Å². The Hall–Kier alpha value is -3.03. The molecule has 0 spiro atoms. The third kappa shape index (κ3) is 5.03. The maximum atomic E-state index is 11.9. The fraction of sp³-hybridized carbons (Fsp3) is 0.450. The minimum Gasteiger partial charge on any atom is -0.502 e. The van der Waals surface area contributed by atoms with Crippen LogP contribution in [0.15, 0.2) is 18.2 Å². The number of rotatable bonds is 6. The van der Waals surface area contributed by atoms with Crippen molar-refractivity contribution in [1.29, 1.82) is 0 Å². The van der Waals surface area contributed by atoms with Crippen LogP contribution in [0.3, 0.4) is 0 Å². The third-order valence-corrected chi connectivity index (χ3v) is 4.14. The van der Waals surface area contributed by atoms with E-state index in [1.807, 2.05) is 24.9 Å². The zero-order valence-corrected chi connectivity index (χ0v) is 17.6. The first-order valence-electron chi connectivity index (χ1n) is 9.15. The molecular formula is C20H30N6O2. The van der Waals surface area contributed by atoms with E-state index in [1.54, 1.807) is 26.2 Å². The standard InChI is InChI=1S/C20H30N6O2/c1-12-8-9-13(18(28)21-5)10-14(12)23-16-15(27)17(25-19(22-6)24-16)26(7)11-20(2,3)4/h8-10,27H,11H2,1-7H3,(H,21,28)(H2,22,23,24,25). The molecule has 152 valence electrons. The number of aromatic hydroxyl groups is 1. The van der Waals surface area contributed by atoms with Crippen LogP contribution in [0.5, 0.6) is 5.75 Å². The second-order valence-electron chi connectivity index (χ2n) is 7.97. The fourth-order valence-electron chi connectivity index (χ4n) is 2.86. The molecule has 4 N–H and O–H groups in total. The quantitative estimate of drug-likeness (QED) is 0.605. The number of nitrogens with zero attached hydrogens (tertiary/aromatic N) is 3. The van der Waals surface area contributed by atoms with Crippen molar-refractivity contribution < 1.29 is 9.90 Å². The van der Waals surface area contributed by atoms with Gasteiger partial charge in [0.05, 0.1) is 0 Å². The topological polar surface area (TPSA) is 102 Å². The molecule has 1 aromatic heterocycles. The van der Waals surface area contributed by atoms with Crippen LogP contribution < -0.4 is 20.9 Å². The van der Waals surface area contributed by atoms with E-state index in [1.165, 1.54) is 0 Å². The van der Waals surface area contributed by atoms with E-state index >= 15 is 0 Å². The summed E-state index contributed by atoms with van der Waals surface area (Å²) in [4.78, 5) is 22.6. The molecule has 0 bridgehead atoms. The Morgan fingerprint density at radius 2 is 1.89 bits per heavy atom. The Kier molecular flexibility index (Phi) is 6.33. The van der Waals surface area contributed by atoms with Crippen molar-refractivity contribution in [3.63, 3.8) is 0 Å². The molecule has 0 atom stereocenters. The largest absolute Gasteiger partial charge is 0.502 e. The summed E-state index contributed by atoms with van der Waals surface area (Å²) >= 11 is 0. The van der Waals surface area contributed by atoms with E-state index in [0.29, 0.717) is 29.6 Å². The molecule has 2 aromatic rings. The van der Waals surface area contributed by atoms with Crippen LogP contribution in [-0.4, -0.2) is 48.7 Å². The molecule has 1 heterocycles. The van der Waals surface area contributed by atoms with Gasteiger partial charge in [0, 0.05) is 38.9 Å². The van der Waals surface area contributed by atoms with Gasteiger partial charge in [-0.1, -0.05) is 26.8 Å². The van der Waals surface area contributed by atoms with Crippen molar-refractivity contribution >= 4 is 29.2 Å². The summed E-state index contributed by atoms with van der Waals surface area (Å²) in [5, 5.41) is 19.5. The predicted octanol–water partition coefficient (Wildman–Crippen LogP) is 3.12. The first-order valence-corrected chi connectivity index (χ1v) is 9.15. The molecule has 1 amide bonds. The molecule has 8 nitrogen and oxygen atoms in total. The zero-order chi connectivity index (χ0) is 21.1. The number of carbonyl (C=O) groups excluding carboxylic acids is 1. The van der Waals surface area contributed by atoms with E-state index in [0.717, 1.165) is 5.56 Å². The molecule has 0 aliphatic carbocycles. The molecule has 0 aliphatic heterocycles. The summed E-state index contributed by atoms with van der Waals surface area (Å²) in [7, 11) is 5.19. The van der Waals surface area contributed by atoms with E-state index in [4.69, 9.17) is 0 Å². The minimum absolute atomic E-state index is 0.0258. The van der Waals surface area contributed by atoms with Crippen LogP contribution in [0.25, 0.3) is 0 Å². The third-order valence-electron chi connectivity index (χ3n) is 4.14. The highest BCUT2D eigenvalue weighted by molar-refractivity contribution is 5.95. The molecule has 28 heavy (non-hydrogen) atoms. The van der Waals surface area contributed by atoms with Crippen molar-refractivity contribution in [2.45, 2.75) is 27.7 Å². The van der Waals surface area contributed by atoms with Gasteiger partial charge in [0.2, 0.25) is 11.7 Å².